The molecule has 0 saturated carbocycles. The largest absolute Gasteiger partial charge is 0.384 e. The van der Waals surface area contributed by atoms with Gasteiger partial charge >= 0.3 is 0 Å². The molecule has 2 N–H and O–H groups in total. The Balaban J connectivity index is 2.49. The van der Waals surface area contributed by atoms with E-state index in [4.69, 9.17) is 5.73 Å². The highest BCUT2D eigenvalue weighted by atomic mass is 15.2. The van der Waals surface area contributed by atoms with Crippen molar-refractivity contribution in [1.82, 2.24) is 19.7 Å². The van der Waals surface area contributed by atoms with E-state index in [1.807, 2.05) is 27.1 Å². The molecule has 2 aromatic rings. The second-order valence-corrected chi connectivity index (χ2v) is 4.09. The molecule has 0 aliphatic carbocycles. The topological polar surface area (TPSA) is 69.6 Å². The van der Waals surface area contributed by atoms with Crippen LogP contribution in [0, 0.1) is 0 Å². The van der Waals surface area contributed by atoms with Gasteiger partial charge in [-0.1, -0.05) is 13.8 Å². The maximum absolute atomic E-state index is 5.76. The molecule has 5 nitrogen and oxygen atoms in total. The highest BCUT2D eigenvalue weighted by Crippen LogP contribution is 2.20. The second-order valence-electron chi connectivity index (χ2n) is 4.09. The lowest BCUT2D eigenvalue weighted by Gasteiger charge is -2.06. The van der Waals surface area contributed by atoms with Crippen LogP contribution in [0.15, 0.2) is 18.5 Å². The molecule has 0 radical (unpaired) electrons. The van der Waals surface area contributed by atoms with Crippen LogP contribution in [0.1, 0.15) is 25.6 Å². The van der Waals surface area contributed by atoms with Crippen LogP contribution in [0.4, 0.5) is 5.82 Å². The summed E-state index contributed by atoms with van der Waals surface area (Å²) in [4.78, 5) is 8.68. The molecule has 0 aliphatic heterocycles. The van der Waals surface area contributed by atoms with Crippen LogP contribution in [-0.2, 0) is 7.05 Å². The molecular formula is C11H15N5. The van der Waals surface area contributed by atoms with Crippen LogP contribution < -0.4 is 5.73 Å². The monoisotopic (exact) mass is 217 g/mol. The van der Waals surface area contributed by atoms with Crippen molar-refractivity contribution < 1.29 is 0 Å². The van der Waals surface area contributed by atoms with Gasteiger partial charge in [-0.2, -0.15) is 5.10 Å². The Morgan fingerprint density at radius 3 is 2.62 bits per heavy atom. The van der Waals surface area contributed by atoms with E-state index >= 15 is 0 Å². The lowest BCUT2D eigenvalue weighted by molar-refractivity contribution is 0.767. The summed E-state index contributed by atoms with van der Waals surface area (Å²) < 4.78 is 1.74. The molecule has 2 aromatic heterocycles. The van der Waals surface area contributed by atoms with Crippen molar-refractivity contribution in [3.63, 3.8) is 0 Å². The summed E-state index contributed by atoms with van der Waals surface area (Å²) in [7, 11) is 1.87. The third-order valence-electron chi connectivity index (χ3n) is 2.28. The normalized spacial score (nSPS) is 11.0. The molecule has 84 valence electrons. The van der Waals surface area contributed by atoms with Gasteiger partial charge in [-0.15, -0.1) is 0 Å². The SMILES string of the molecule is CC(C)c1nc(N)cc(-c2cnn(C)c2)n1. The fourth-order valence-electron chi connectivity index (χ4n) is 1.44. The summed E-state index contributed by atoms with van der Waals surface area (Å²) in [5.74, 6) is 1.52. The molecule has 5 heteroatoms. The minimum Gasteiger partial charge on any atom is -0.384 e. The Labute approximate surface area is 94.3 Å². The molecule has 0 aromatic carbocycles. The summed E-state index contributed by atoms with van der Waals surface area (Å²) in [5, 5.41) is 4.11. The first-order valence-electron chi connectivity index (χ1n) is 5.19. The molecule has 0 bridgehead atoms. The predicted molar refractivity (Wildman–Crippen MR) is 62.7 cm³/mol. The number of nitrogens with two attached hydrogens (primary N) is 1. The van der Waals surface area contributed by atoms with Crippen LogP contribution in [-0.4, -0.2) is 19.7 Å². The van der Waals surface area contributed by atoms with E-state index in [2.05, 4.69) is 15.1 Å². The Kier molecular flexibility index (Phi) is 2.60. The summed E-state index contributed by atoms with van der Waals surface area (Å²) in [6, 6.07) is 1.77. The number of nitrogens with zero attached hydrogens (tertiary/aromatic N) is 4. The van der Waals surface area contributed by atoms with E-state index in [1.54, 1.807) is 16.9 Å². The Hall–Kier alpha value is -1.91. The smallest absolute Gasteiger partial charge is 0.133 e. The number of hydrogen-bond acceptors (Lipinski definition) is 4. The first-order chi connectivity index (χ1) is 7.56. The van der Waals surface area contributed by atoms with E-state index in [9.17, 15) is 0 Å². The fourth-order valence-corrected chi connectivity index (χ4v) is 1.44. The molecule has 0 saturated heterocycles. The van der Waals surface area contributed by atoms with Crippen LogP contribution >= 0.6 is 0 Å². The number of aromatic nitrogens is 4. The van der Waals surface area contributed by atoms with Gasteiger partial charge in [0.15, 0.2) is 0 Å². The van der Waals surface area contributed by atoms with Crippen molar-refractivity contribution >= 4 is 5.82 Å². The average Bonchev–Trinajstić information content (AvgIpc) is 2.64. The number of hydrogen-bond donors (Lipinski definition) is 1. The Morgan fingerprint density at radius 1 is 1.31 bits per heavy atom. The highest BCUT2D eigenvalue weighted by Gasteiger charge is 2.09. The Bertz CT molecular complexity index is 501. The molecular weight excluding hydrogens is 202 g/mol. The minimum atomic E-state index is 0.263. The van der Waals surface area contributed by atoms with Crippen LogP contribution in [0.3, 0.4) is 0 Å². The van der Waals surface area contributed by atoms with Crippen molar-refractivity contribution in [2.45, 2.75) is 19.8 Å². The van der Waals surface area contributed by atoms with E-state index in [1.165, 1.54) is 0 Å². The number of nitrogen functional groups attached to an aromatic ring is 1. The summed E-state index contributed by atoms with van der Waals surface area (Å²) in [5.41, 5.74) is 7.54. The third kappa shape index (κ3) is 2.03. The minimum absolute atomic E-state index is 0.263. The molecule has 2 rings (SSSR count). The van der Waals surface area contributed by atoms with E-state index in [-0.39, 0.29) is 5.92 Å². The maximum Gasteiger partial charge on any atom is 0.133 e. The highest BCUT2D eigenvalue weighted by molar-refractivity contribution is 5.60. The van der Waals surface area contributed by atoms with E-state index < -0.39 is 0 Å². The molecule has 0 atom stereocenters. The molecule has 0 fully saturated rings. The van der Waals surface area contributed by atoms with Gasteiger partial charge < -0.3 is 5.73 Å². The molecule has 0 amide bonds. The third-order valence-corrected chi connectivity index (χ3v) is 2.28. The number of rotatable bonds is 2. The lowest BCUT2D eigenvalue weighted by atomic mass is 10.2. The van der Waals surface area contributed by atoms with Gasteiger partial charge in [-0.3, -0.25) is 4.68 Å². The molecule has 0 aliphatic rings. The van der Waals surface area contributed by atoms with Gasteiger partial charge in [-0.25, -0.2) is 9.97 Å². The number of anilines is 1. The zero-order valence-corrected chi connectivity index (χ0v) is 9.68. The van der Waals surface area contributed by atoms with Gasteiger partial charge in [0.05, 0.1) is 11.9 Å². The molecule has 0 unspecified atom stereocenters. The van der Waals surface area contributed by atoms with Crippen LogP contribution in [0.2, 0.25) is 0 Å². The summed E-state index contributed by atoms with van der Waals surface area (Å²) >= 11 is 0. The van der Waals surface area contributed by atoms with Crippen molar-refractivity contribution in [2.75, 3.05) is 5.73 Å². The average molecular weight is 217 g/mol. The zero-order valence-electron chi connectivity index (χ0n) is 9.68. The van der Waals surface area contributed by atoms with Gasteiger partial charge in [0.2, 0.25) is 0 Å². The molecule has 16 heavy (non-hydrogen) atoms. The van der Waals surface area contributed by atoms with Gasteiger partial charge in [0, 0.05) is 30.8 Å². The zero-order chi connectivity index (χ0) is 11.7. The van der Waals surface area contributed by atoms with E-state index in [0.29, 0.717) is 5.82 Å². The fraction of sp³-hybridized carbons (Fsp3) is 0.364. The quantitative estimate of drug-likeness (QED) is 0.829. The molecule has 0 spiro atoms. The van der Waals surface area contributed by atoms with Crippen molar-refractivity contribution in [3.8, 4) is 11.3 Å². The van der Waals surface area contributed by atoms with Gasteiger partial charge in [0.25, 0.3) is 0 Å². The lowest BCUT2D eigenvalue weighted by Crippen LogP contribution is -2.02. The number of aryl methyl sites for hydroxylation is 1. The standard InChI is InChI=1S/C11H15N5/c1-7(2)11-14-9(4-10(12)15-11)8-5-13-16(3)6-8/h4-7H,1-3H3,(H2,12,14,15). The van der Waals surface area contributed by atoms with Crippen molar-refractivity contribution in [3.05, 3.63) is 24.3 Å². The van der Waals surface area contributed by atoms with Crippen LogP contribution in [0.5, 0.6) is 0 Å². The Morgan fingerprint density at radius 2 is 2.06 bits per heavy atom. The van der Waals surface area contributed by atoms with Crippen molar-refractivity contribution in [1.29, 1.82) is 0 Å². The summed E-state index contributed by atoms with van der Waals surface area (Å²) in [6.07, 6.45) is 3.68. The van der Waals surface area contributed by atoms with Gasteiger partial charge in [0.1, 0.15) is 11.6 Å². The van der Waals surface area contributed by atoms with Crippen molar-refractivity contribution in [2.24, 2.45) is 7.05 Å². The molecule has 2 heterocycles. The first kappa shape index (κ1) is 10.6. The predicted octanol–water partition coefficient (Wildman–Crippen LogP) is 1.58. The van der Waals surface area contributed by atoms with Crippen LogP contribution in [0.25, 0.3) is 11.3 Å². The first-order valence-corrected chi connectivity index (χ1v) is 5.19. The van der Waals surface area contributed by atoms with E-state index in [0.717, 1.165) is 17.1 Å². The second kappa shape index (κ2) is 3.92. The van der Waals surface area contributed by atoms with Gasteiger partial charge in [-0.05, 0) is 0 Å². The summed E-state index contributed by atoms with van der Waals surface area (Å²) in [6.45, 7) is 4.09. The maximum atomic E-state index is 5.76.